The van der Waals surface area contributed by atoms with Crippen LogP contribution in [-0.2, 0) is 13.1 Å². The lowest BCUT2D eigenvalue weighted by molar-refractivity contribution is 0.0907. The molecule has 0 saturated heterocycles. The Kier molecular flexibility index (Phi) is 7.52. The Hall–Kier alpha value is -1.60. The first kappa shape index (κ1) is 18.7. The van der Waals surface area contributed by atoms with Gasteiger partial charge in [0.2, 0.25) is 0 Å². The van der Waals surface area contributed by atoms with Crippen molar-refractivity contribution in [2.24, 2.45) is 0 Å². The summed E-state index contributed by atoms with van der Waals surface area (Å²) in [6.45, 7) is 9.12. The van der Waals surface area contributed by atoms with Crippen molar-refractivity contribution in [1.82, 2.24) is 4.90 Å². The highest BCUT2D eigenvalue weighted by molar-refractivity contribution is 5.17. The Morgan fingerprint density at radius 2 is 1.21 bits per heavy atom. The SMILES string of the molecule is CCCCCCC(C)(C)N(Cc1ccccc1)Cc1ccccc1. The van der Waals surface area contributed by atoms with E-state index < -0.39 is 0 Å². The Bertz CT molecular complexity index is 518. The molecule has 0 N–H and O–H groups in total. The van der Waals surface area contributed by atoms with Crippen LogP contribution >= 0.6 is 0 Å². The molecule has 0 aliphatic rings. The third-order valence-corrected chi connectivity index (χ3v) is 4.93. The van der Waals surface area contributed by atoms with Gasteiger partial charge in [-0.3, -0.25) is 4.90 Å². The lowest BCUT2D eigenvalue weighted by Crippen LogP contribution is -2.42. The third-order valence-electron chi connectivity index (χ3n) is 4.93. The summed E-state index contributed by atoms with van der Waals surface area (Å²) < 4.78 is 0. The van der Waals surface area contributed by atoms with Crippen molar-refractivity contribution in [2.75, 3.05) is 0 Å². The Morgan fingerprint density at radius 1 is 0.708 bits per heavy atom. The first-order chi connectivity index (χ1) is 11.6. The molecule has 0 aromatic heterocycles. The molecule has 1 nitrogen and oxygen atoms in total. The highest BCUT2D eigenvalue weighted by atomic mass is 15.2. The minimum Gasteiger partial charge on any atom is -0.290 e. The molecule has 0 saturated carbocycles. The van der Waals surface area contributed by atoms with Crippen LogP contribution in [0.15, 0.2) is 60.7 Å². The fourth-order valence-corrected chi connectivity index (χ4v) is 3.23. The molecular formula is C23H33N. The summed E-state index contributed by atoms with van der Waals surface area (Å²) >= 11 is 0. The summed E-state index contributed by atoms with van der Waals surface area (Å²) in [5.41, 5.74) is 3.00. The molecule has 2 rings (SSSR count). The number of hydrogen-bond donors (Lipinski definition) is 0. The van der Waals surface area contributed by atoms with Crippen molar-refractivity contribution in [1.29, 1.82) is 0 Å². The van der Waals surface area contributed by atoms with Crippen molar-refractivity contribution in [3.05, 3.63) is 71.8 Å². The average Bonchev–Trinajstić information content (AvgIpc) is 2.60. The summed E-state index contributed by atoms with van der Waals surface area (Å²) in [5, 5.41) is 0. The quantitative estimate of drug-likeness (QED) is 0.455. The van der Waals surface area contributed by atoms with E-state index >= 15 is 0 Å². The fraction of sp³-hybridized carbons (Fsp3) is 0.478. The van der Waals surface area contributed by atoms with Gasteiger partial charge in [-0.25, -0.2) is 0 Å². The van der Waals surface area contributed by atoms with E-state index in [9.17, 15) is 0 Å². The molecule has 0 heterocycles. The van der Waals surface area contributed by atoms with Gasteiger partial charge in [0.25, 0.3) is 0 Å². The second-order valence-electron chi connectivity index (χ2n) is 7.45. The van der Waals surface area contributed by atoms with Crippen LogP contribution in [0.5, 0.6) is 0 Å². The molecule has 0 aliphatic heterocycles. The predicted molar refractivity (Wildman–Crippen MR) is 105 cm³/mol. The molecule has 0 aliphatic carbocycles. The molecule has 1 heteroatoms. The molecule has 130 valence electrons. The van der Waals surface area contributed by atoms with Crippen LogP contribution in [0.25, 0.3) is 0 Å². The fourth-order valence-electron chi connectivity index (χ4n) is 3.23. The molecular weight excluding hydrogens is 290 g/mol. The van der Waals surface area contributed by atoms with Gasteiger partial charge in [0.05, 0.1) is 0 Å². The Labute approximate surface area is 148 Å². The maximum absolute atomic E-state index is 2.64. The number of nitrogens with zero attached hydrogens (tertiary/aromatic N) is 1. The second kappa shape index (κ2) is 9.64. The minimum absolute atomic E-state index is 0.208. The molecule has 0 fully saturated rings. The van der Waals surface area contributed by atoms with E-state index in [-0.39, 0.29) is 5.54 Å². The maximum Gasteiger partial charge on any atom is 0.0242 e. The highest BCUT2D eigenvalue weighted by Crippen LogP contribution is 2.26. The summed E-state index contributed by atoms with van der Waals surface area (Å²) in [6.07, 6.45) is 6.59. The standard InChI is InChI=1S/C23H33N/c1-4-5-6-13-18-23(2,3)24(19-21-14-9-7-10-15-21)20-22-16-11-8-12-17-22/h7-12,14-17H,4-6,13,18-20H2,1-3H3. The zero-order valence-electron chi connectivity index (χ0n) is 15.7. The Balaban J connectivity index is 2.08. The summed E-state index contributed by atoms with van der Waals surface area (Å²) in [5.74, 6) is 0. The van der Waals surface area contributed by atoms with E-state index in [0.717, 1.165) is 13.1 Å². The van der Waals surface area contributed by atoms with Gasteiger partial charge in [0.1, 0.15) is 0 Å². The van der Waals surface area contributed by atoms with E-state index in [4.69, 9.17) is 0 Å². The van der Waals surface area contributed by atoms with Crippen LogP contribution in [-0.4, -0.2) is 10.4 Å². The van der Waals surface area contributed by atoms with Crippen LogP contribution in [0.3, 0.4) is 0 Å². The van der Waals surface area contributed by atoms with Gasteiger partial charge >= 0.3 is 0 Å². The summed E-state index contributed by atoms with van der Waals surface area (Å²) in [6, 6.07) is 21.7. The van der Waals surface area contributed by atoms with Gasteiger partial charge in [0, 0.05) is 18.6 Å². The van der Waals surface area contributed by atoms with Gasteiger partial charge in [-0.05, 0) is 31.4 Å². The second-order valence-corrected chi connectivity index (χ2v) is 7.45. The number of unbranched alkanes of at least 4 members (excludes halogenated alkanes) is 3. The lowest BCUT2D eigenvalue weighted by atomic mass is 9.93. The molecule has 0 radical (unpaired) electrons. The van der Waals surface area contributed by atoms with E-state index in [0.29, 0.717) is 0 Å². The van der Waals surface area contributed by atoms with Crippen LogP contribution in [0.1, 0.15) is 64.0 Å². The zero-order valence-corrected chi connectivity index (χ0v) is 15.7. The normalized spacial score (nSPS) is 11.8. The lowest BCUT2D eigenvalue weighted by Gasteiger charge is -2.39. The summed E-state index contributed by atoms with van der Waals surface area (Å²) in [7, 11) is 0. The van der Waals surface area contributed by atoms with Crippen LogP contribution in [0, 0.1) is 0 Å². The van der Waals surface area contributed by atoms with Crippen LogP contribution < -0.4 is 0 Å². The summed E-state index contributed by atoms with van der Waals surface area (Å²) in [4.78, 5) is 2.64. The van der Waals surface area contributed by atoms with E-state index in [2.05, 4.69) is 86.3 Å². The molecule has 0 spiro atoms. The number of rotatable bonds is 10. The molecule has 2 aromatic rings. The molecule has 0 atom stereocenters. The van der Waals surface area contributed by atoms with Crippen molar-refractivity contribution >= 4 is 0 Å². The highest BCUT2D eigenvalue weighted by Gasteiger charge is 2.26. The first-order valence-corrected chi connectivity index (χ1v) is 9.45. The molecule has 24 heavy (non-hydrogen) atoms. The van der Waals surface area contributed by atoms with Crippen LogP contribution in [0.4, 0.5) is 0 Å². The van der Waals surface area contributed by atoms with Gasteiger partial charge in [0.15, 0.2) is 0 Å². The van der Waals surface area contributed by atoms with Gasteiger partial charge < -0.3 is 0 Å². The van der Waals surface area contributed by atoms with Crippen LogP contribution in [0.2, 0.25) is 0 Å². The van der Waals surface area contributed by atoms with E-state index in [1.165, 1.54) is 43.2 Å². The monoisotopic (exact) mass is 323 g/mol. The topological polar surface area (TPSA) is 3.24 Å². The Morgan fingerprint density at radius 3 is 1.67 bits per heavy atom. The van der Waals surface area contributed by atoms with Crippen molar-refractivity contribution in [2.45, 2.75) is 71.5 Å². The number of benzene rings is 2. The van der Waals surface area contributed by atoms with E-state index in [1.54, 1.807) is 0 Å². The molecule has 0 amide bonds. The molecule has 0 unspecified atom stereocenters. The molecule has 0 bridgehead atoms. The maximum atomic E-state index is 2.64. The van der Waals surface area contributed by atoms with Crippen molar-refractivity contribution in [3.63, 3.8) is 0 Å². The smallest absolute Gasteiger partial charge is 0.0242 e. The largest absolute Gasteiger partial charge is 0.290 e. The third kappa shape index (κ3) is 6.13. The first-order valence-electron chi connectivity index (χ1n) is 9.45. The van der Waals surface area contributed by atoms with Crippen molar-refractivity contribution < 1.29 is 0 Å². The van der Waals surface area contributed by atoms with Crippen molar-refractivity contribution in [3.8, 4) is 0 Å². The average molecular weight is 324 g/mol. The minimum atomic E-state index is 0.208. The predicted octanol–water partition coefficient (Wildman–Crippen LogP) is 6.44. The zero-order chi connectivity index (χ0) is 17.3. The van der Waals surface area contributed by atoms with Gasteiger partial charge in [-0.15, -0.1) is 0 Å². The number of hydrogen-bond acceptors (Lipinski definition) is 1. The molecule has 2 aromatic carbocycles. The van der Waals surface area contributed by atoms with E-state index in [1.807, 2.05) is 0 Å². The van der Waals surface area contributed by atoms with Gasteiger partial charge in [-0.1, -0.05) is 93.3 Å². The van der Waals surface area contributed by atoms with Gasteiger partial charge in [-0.2, -0.15) is 0 Å².